The van der Waals surface area contributed by atoms with Crippen LogP contribution in [0.5, 0.6) is 0 Å². The third-order valence-corrected chi connectivity index (χ3v) is 2.69. The Morgan fingerprint density at radius 1 is 1.35 bits per heavy atom. The van der Waals surface area contributed by atoms with Crippen molar-refractivity contribution in [1.82, 2.24) is 15.0 Å². The number of hydrogen-bond donors (Lipinski definition) is 1. The van der Waals surface area contributed by atoms with E-state index < -0.39 is 11.9 Å². The number of aryl methyl sites for hydroxylation is 1. The van der Waals surface area contributed by atoms with Gasteiger partial charge in [0.1, 0.15) is 0 Å². The van der Waals surface area contributed by atoms with Crippen molar-refractivity contribution in [1.29, 1.82) is 0 Å². The Kier molecular flexibility index (Phi) is 4.09. The van der Waals surface area contributed by atoms with Crippen molar-refractivity contribution < 1.29 is 19.4 Å². The molecule has 1 heterocycles. The number of ether oxygens (including phenoxy) is 1. The summed E-state index contributed by atoms with van der Waals surface area (Å²) < 4.78 is 6.14. The number of para-hydroxylation sites is 1. The first-order valence-electron chi connectivity index (χ1n) is 5.92. The lowest BCUT2D eigenvalue weighted by molar-refractivity contribution is -0.136. The maximum absolute atomic E-state index is 11.7. The molecule has 7 heteroatoms. The number of methoxy groups -OCH3 is 1. The number of esters is 1. The fourth-order valence-corrected chi connectivity index (χ4v) is 1.72. The fourth-order valence-electron chi connectivity index (χ4n) is 1.72. The van der Waals surface area contributed by atoms with Crippen molar-refractivity contribution in [3.8, 4) is 5.69 Å². The molecule has 0 fully saturated rings. The zero-order valence-electron chi connectivity index (χ0n) is 10.8. The van der Waals surface area contributed by atoms with Crippen molar-refractivity contribution >= 4 is 11.9 Å². The normalized spacial score (nSPS) is 10.2. The number of benzene rings is 1. The van der Waals surface area contributed by atoms with Crippen molar-refractivity contribution in [3.05, 3.63) is 41.7 Å². The SMILES string of the molecule is COC(=O)c1ccccc1-n1cc(CCC(=O)O)nn1. The first-order chi connectivity index (χ1) is 9.61. The van der Waals surface area contributed by atoms with E-state index in [0.29, 0.717) is 16.9 Å². The van der Waals surface area contributed by atoms with E-state index in [1.54, 1.807) is 30.5 Å². The second-order valence-corrected chi connectivity index (χ2v) is 4.06. The van der Waals surface area contributed by atoms with Gasteiger partial charge in [0.15, 0.2) is 0 Å². The second-order valence-electron chi connectivity index (χ2n) is 4.06. The largest absolute Gasteiger partial charge is 0.481 e. The van der Waals surface area contributed by atoms with Gasteiger partial charge in [-0.1, -0.05) is 17.3 Å². The van der Waals surface area contributed by atoms with Gasteiger partial charge in [0, 0.05) is 6.42 Å². The Balaban J connectivity index is 2.28. The van der Waals surface area contributed by atoms with Crippen molar-refractivity contribution in [2.75, 3.05) is 7.11 Å². The highest BCUT2D eigenvalue weighted by atomic mass is 16.5. The minimum absolute atomic E-state index is 0.0165. The summed E-state index contributed by atoms with van der Waals surface area (Å²) in [5.41, 5.74) is 1.45. The molecule has 0 saturated heterocycles. The van der Waals surface area contributed by atoms with Crippen LogP contribution in [-0.4, -0.2) is 39.1 Å². The van der Waals surface area contributed by atoms with Crippen LogP contribution in [0.15, 0.2) is 30.5 Å². The Labute approximate surface area is 114 Å². The number of carbonyl (C=O) groups excluding carboxylic acids is 1. The zero-order chi connectivity index (χ0) is 14.5. The summed E-state index contributed by atoms with van der Waals surface area (Å²) in [6.07, 6.45) is 1.87. The topological polar surface area (TPSA) is 94.3 Å². The van der Waals surface area contributed by atoms with Crippen molar-refractivity contribution in [2.24, 2.45) is 0 Å². The standard InChI is InChI=1S/C13H13N3O4/c1-20-13(19)10-4-2-3-5-11(10)16-8-9(14-15-16)6-7-12(17)18/h2-5,8H,6-7H2,1H3,(H,17,18). The first-order valence-corrected chi connectivity index (χ1v) is 5.92. The number of carbonyl (C=O) groups is 2. The predicted molar refractivity (Wildman–Crippen MR) is 68.7 cm³/mol. The molecule has 0 spiro atoms. The molecule has 0 aliphatic rings. The maximum atomic E-state index is 11.7. The molecular formula is C13H13N3O4. The molecule has 0 aliphatic heterocycles. The van der Waals surface area contributed by atoms with E-state index in [1.165, 1.54) is 11.8 Å². The van der Waals surface area contributed by atoms with Crippen LogP contribution in [0.4, 0.5) is 0 Å². The monoisotopic (exact) mass is 275 g/mol. The lowest BCUT2D eigenvalue weighted by Gasteiger charge is -2.06. The summed E-state index contributed by atoms with van der Waals surface area (Å²) >= 11 is 0. The molecule has 2 aromatic rings. The van der Waals surface area contributed by atoms with Gasteiger partial charge in [0.25, 0.3) is 0 Å². The molecule has 0 saturated carbocycles. The Bertz CT molecular complexity index is 636. The number of nitrogens with zero attached hydrogens (tertiary/aromatic N) is 3. The van der Waals surface area contributed by atoms with Crippen LogP contribution in [0.1, 0.15) is 22.5 Å². The number of carboxylic acid groups (broad SMARTS) is 1. The highest BCUT2D eigenvalue weighted by Crippen LogP contribution is 2.15. The van der Waals surface area contributed by atoms with Crippen LogP contribution in [0, 0.1) is 0 Å². The minimum atomic E-state index is -0.894. The van der Waals surface area contributed by atoms with E-state index in [4.69, 9.17) is 9.84 Å². The van der Waals surface area contributed by atoms with Gasteiger partial charge in [-0.25, -0.2) is 9.48 Å². The Morgan fingerprint density at radius 2 is 2.10 bits per heavy atom. The molecule has 0 atom stereocenters. The number of aromatic nitrogens is 3. The van der Waals surface area contributed by atoms with Gasteiger partial charge in [0.2, 0.25) is 0 Å². The van der Waals surface area contributed by atoms with Gasteiger partial charge in [-0.15, -0.1) is 5.10 Å². The molecule has 7 nitrogen and oxygen atoms in total. The molecule has 2 rings (SSSR count). The number of rotatable bonds is 5. The summed E-state index contributed by atoms with van der Waals surface area (Å²) in [6, 6.07) is 6.82. The minimum Gasteiger partial charge on any atom is -0.481 e. The molecule has 0 unspecified atom stereocenters. The van der Waals surface area contributed by atoms with E-state index in [2.05, 4.69) is 10.3 Å². The summed E-state index contributed by atoms with van der Waals surface area (Å²) in [6.45, 7) is 0. The van der Waals surface area contributed by atoms with E-state index >= 15 is 0 Å². The molecule has 0 aliphatic carbocycles. The predicted octanol–water partition coefficient (Wildman–Crippen LogP) is 1.07. The van der Waals surface area contributed by atoms with E-state index in [9.17, 15) is 9.59 Å². The summed E-state index contributed by atoms with van der Waals surface area (Å²) in [4.78, 5) is 22.2. The third kappa shape index (κ3) is 3.00. The van der Waals surface area contributed by atoms with Gasteiger partial charge in [-0.3, -0.25) is 4.79 Å². The maximum Gasteiger partial charge on any atom is 0.340 e. The average molecular weight is 275 g/mol. The zero-order valence-corrected chi connectivity index (χ0v) is 10.8. The quantitative estimate of drug-likeness (QED) is 0.820. The smallest absolute Gasteiger partial charge is 0.340 e. The lowest BCUT2D eigenvalue weighted by atomic mass is 10.2. The van der Waals surface area contributed by atoms with Crippen LogP contribution in [-0.2, 0) is 16.0 Å². The molecule has 1 aromatic carbocycles. The average Bonchev–Trinajstić information content (AvgIpc) is 2.93. The summed E-state index contributed by atoms with van der Waals surface area (Å²) in [7, 11) is 1.30. The van der Waals surface area contributed by atoms with Crippen LogP contribution in [0.25, 0.3) is 5.69 Å². The first kappa shape index (κ1) is 13.7. The molecule has 0 bridgehead atoms. The summed E-state index contributed by atoms with van der Waals surface area (Å²) in [5.74, 6) is -1.36. The van der Waals surface area contributed by atoms with Crippen molar-refractivity contribution in [3.63, 3.8) is 0 Å². The molecule has 1 N–H and O–H groups in total. The van der Waals surface area contributed by atoms with Gasteiger partial charge in [-0.2, -0.15) is 0 Å². The third-order valence-electron chi connectivity index (χ3n) is 2.69. The van der Waals surface area contributed by atoms with Crippen LogP contribution in [0.3, 0.4) is 0 Å². The number of hydrogen-bond acceptors (Lipinski definition) is 5. The molecule has 0 radical (unpaired) electrons. The van der Waals surface area contributed by atoms with E-state index in [1.807, 2.05) is 0 Å². The second kappa shape index (κ2) is 5.96. The molecule has 1 aromatic heterocycles. The Morgan fingerprint density at radius 3 is 2.80 bits per heavy atom. The molecule has 104 valence electrons. The molecule has 0 amide bonds. The fraction of sp³-hybridized carbons (Fsp3) is 0.231. The van der Waals surface area contributed by atoms with Crippen LogP contribution >= 0.6 is 0 Å². The highest BCUT2D eigenvalue weighted by molar-refractivity contribution is 5.93. The van der Waals surface area contributed by atoms with Gasteiger partial charge in [0.05, 0.1) is 36.7 Å². The Hall–Kier alpha value is -2.70. The molecule has 20 heavy (non-hydrogen) atoms. The van der Waals surface area contributed by atoms with Gasteiger partial charge < -0.3 is 9.84 Å². The van der Waals surface area contributed by atoms with Gasteiger partial charge in [-0.05, 0) is 12.1 Å². The van der Waals surface area contributed by atoms with E-state index in [-0.39, 0.29) is 12.8 Å². The number of aliphatic carboxylic acids is 1. The lowest BCUT2D eigenvalue weighted by Crippen LogP contribution is -2.08. The summed E-state index contributed by atoms with van der Waals surface area (Å²) in [5, 5.41) is 16.4. The molecular weight excluding hydrogens is 262 g/mol. The van der Waals surface area contributed by atoms with E-state index in [0.717, 1.165) is 0 Å². The van der Waals surface area contributed by atoms with Crippen molar-refractivity contribution in [2.45, 2.75) is 12.8 Å². The van der Waals surface area contributed by atoms with Crippen LogP contribution in [0.2, 0.25) is 0 Å². The number of carboxylic acids is 1. The van der Waals surface area contributed by atoms with Gasteiger partial charge >= 0.3 is 11.9 Å². The van der Waals surface area contributed by atoms with Crippen LogP contribution < -0.4 is 0 Å². The highest BCUT2D eigenvalue weighted by Gasteiger charge is 2.14.